The number of amides is 1. The fourth-order valence-electron chi connectivity index (χ4n) is 4.68. The quantitative estimate of drug-likeness (QED) is 0.554. The van der Waals surface area contributed by atoms with Gasteiger partial charge < -0.3 is 4.90 Å². The number of hydrogen-bond acceptors (Lipinski definition) is 2. The molecule has 1 aliphatic heterocycles. The number of carbonyl (C=O) groups excluding carboxylic acids is 1. The molecule has 1 saturated heterocycles. The third-order valence-corrected chi connectivity index (χ3v) is 6.69. The maximum absolute atomic E-state index is 11.9. The topological polar surface area (TPSA) is 33.2 Å². The molecule has 1 aromatic heterocycles. The van der Waals surface area contributed by atoms with Gasteiger partial charge in [-0.1, -0.05) is 56.3 Å². The highest BCUT2D eigenvalue weighted by atomic mass is 16.2. The van der Waals surface area contributed by atoms with Crippen molar-refractivity contribution < 1.29 is 4.79 Å². The van der Waals surface area contributed by atoms with E-state index in [0.717, 1.165) is 31.4 Å². The highest BCUT2D eigenvalue weighted by molar-refractivity contribution is 5.88. The predicted molar refractivity (Wildman–Crippen MR) is 120 cm³/mol. The second-order valence-electron chi connectivity index (χ2n) is 8.30. The van der Waals surface area contributed by atoms with Crippen LogP contribution in [-0.4, -0.2) is 28.9 Å². The summed E-state index contributed by atoms with van der Waals surface area (Å²) in [6.45, 7) is 8.27. The summed E-state index contributed by atoms with van der Waals surface area (Å²) in [7, 11) is 0. The van der Waals surface area contributed by atoms with Gasteiger partial charge in [0.15, 0.2) is 0 Å². The minimum absolute atomic E-state index is 0.292. The Morgan fingerprint density at radius 2 is 1.79 bits per heavy atom. The molecule has 0 N–H and O–H groups in total. The smallest absolute Gasteiger partial charge is 0.222 e. The van der Waals surface area contributed by atoms with Gasteiger partial charge in [0.1, 0.15) is 0 Å². The molecule has 0 bridgehead atoms. The normalized spacial score (nSPS) is 16.2. The van der Waals surface area contributed by atoms with Crippen LogP contribution >= 0.6 is 0 Å². The monoisotopic (exact) mass is 386 g/mol. The zero-order chi connectivity index (χ0) is 20.4. The van der Waals surface area contributed by atoms with Crippen molar-refractivity contribution in [3.8, 4) is 11.1 Å². The number of pyridine rings is 1. The summed E-state index contributed by atoms with van der Waals surface area (Å²) in [5.41, 5.74) is 6.14. The summed E-state index contributed by atoms with van der Waals surface area (Å²) >= 11 is 0. The van der Waals surface area contributed by atoms with E-state index in [-0.39, 0.29) is 0 Å². The van der Waals surface area contributed by atoms with Crippen molar-refractivity contribution in [1.29, 1.82) is 0 Å². The van der Waals surface area contributed by atoms with Crippen LogP contribution in [0.3, 0.4) is 0 Å². The molecule has 0 saturated carbocycles. The number of benzene rings is 2. The molecule has 29 heavy (non-hydrogen) atoms. The number of rotatable bonds is 4. The van der Waals surface area contributed by atoms with Crippen molar-refractivity contribution >= 4 is 16.8 Å². The fraction of sp³-hybridized carbons (Fsp3) is 0.385. The Hall–Kier alpha value is -2.68. The number of aryl methyl sites for hydroxylation is 1. The van der Waals surface area contributed by atoms with Crippen LogP contribution in [0.4, 0.5) is 0 Å². The minimum atomic E-state index is 0.292. The number of likely N-dealkylation sites (tertiary alicyclic amines) is 1. The molecular formula is C26H30N2O. The number of para-hydroxylation sites is 1. The second-order valence-corrected chi connectivity index (χ2v) is 8.30. The third-order valence-electron chi connectivity index (χ3n) is 6.69. The summed E-state index contributed by atoms with van der Waals surface area (Å²) < 4.78 is 0. The van der Waals surface area contributed by atoms with E-state index in [9.17, 15) is 4.79 Å². The lowest BCUT2D eigenvalue weighted by Crippen LogP contribution is -2.39. The molecule has 1 fully saturated rings. The number of nitrogens with zero attached hydrogens (tertiary/aromatic N) is 2. The molecule has 3 aromatic rings. The third kappa shape index (κ3) is 3.91. The van der Waals surface area contributed by atoms with E-state index in [1.54, 1.807) is 0 Å². The Bertz CT molecular complexity index is 1000. The molecule has 0 aliphatic carbocycles. The molecular weight excluding hydrogens is 356 g/mol. The van der Waals surface area contributed by atoms with Gasteiger partial charge in [0.2, 0.25) is 5.91 Å². The second kappa shape index (κ2) is 8.36. The maximum Gasteiger partial charge on any atom is 0.222 e. The summed E-state index contributed by atoms with van der Waals surface area (Å²) in [4.78, 5) is 18.6. The number of aromatic nitrogens is 1. The van der Waals surface area contributed by atoms with Crippen molar-refractivity contribution in [1.82, 2.24) is 9.88 Å². The molecule has 2 heterocycles. The van der Waals surface area contributed by atoms with Crippen molar-refractivity contribution in [3.63, 3.8) is 0 Å². The molecule has 0 radical (unpaired) electrons. The van der Waals surface area contributed by atoms with E-state index in [4.69, 9.17) is 0 Å². The van der Waals surface area contributed by atoms with Gasteiger partial charge in [-0.3, -0.25) is 9.78 Å². The molecule has 3 heteroatoms. The lowest BCUT2D eigenvalue weighted by Gasteiger charge is -2.35. The first-order chi connectivity index (χ1) is 14.1. The molecule has 1 atom stereocenters. The first-order valence-corrected chi connectivity index (χ1v) is 10.8. The van der Waals surface area contributed by atoms with Gasteiger partial charge >= 0.3 is 0 Å². The van der Waals surface area contributed by atoms with E-state index in [0.29, 0.717) is 24.2 Å². The van der Waals surface area contributed by atoms with Crippen LogP contribution < -0.4 is 0 Å². The van der Waals surface area contributed by atoms with Gasteiger partial charge in [0.05, 0.1) is 5.52 Å². The summed E-state index contributed by atoms with van der Waals surface area (Å²) in [6.07, 6.45) is 4.81. The molecule has 0 spiro atoms. The van der Waals surface area contributed by atoms with Crippen LogP contribution in [0.5, 0.6) is 0 Å². The average Bonchev–Trinajstić information content (AvgIpc) is 2.79. The molecule has 1 aliphatic rings. The molecule has 4 rings (SSSR count). The van der Waals surface area contributed by atoms with Gasteiger partial charge in [-0.25, -0.2) is 0 Å². The highest BCUT2D eigenvalue weighted by Crippen LogP contribution is 2.34. The van der Waals surface area contributed by atoms with Gasteiger partial charge in [-0.15, -0.1) is 0 Å². The Morgan fingerprint density at radius 1 is 1.10 bits per heavy atom. The summed E-state index contributed by atoms with van der Waals surface area (Å²) in [5, 5.41) is 1.22. The summed E-state index contributed by atoms with van der Waals surface area (Å²) in [5.74, 6) is 1.45. The van der Waals surface area contributed by atoms with Gasteiger partial charge in [-0.2, -0.15) is 0 Å². The molecule has 1 amide bonds. The Balaban J connectivity index is 1.50. The Kier molecular flexibility index (Phi) is 5.66. The number of hydrogen-bond donors (Lipinski definition) is 0. The summed E-state index contributed by atoms with van der Waals surface area (Å²) in [6, 6.07) is 17.3. The Morgan fingerprint density at radius 3 is 2.48 bits per heavy atom. The van der Waals surface area contributed by atoms with Crippen LogP contribution in [-0.2, 0) is 4.79 Å². The maximum atomic E-state index is 11.9. The van der Waals surface area contributed by atoms with Crippen molar-refractivity contribution in [3.05, 3.63) is 65.9 Å². The number of piperidine rings is 1. The zero-order valence-electron chi connectivity index (χ0n) is 17.7. The lowest BCUT2D eigenvalue weighted by atomic mass is 9.81. The first kappa shape index (κ1) is 19.6. The van der Waals surface area contributed by atoms with Crippen LogP contribution in [0.25, 0.3) is 22.0 Å². The van der Waals surface area contributed by atoms with Crippen LogP contribution in [0.1, 0.15) is 50.2 Å². The minimum Gasteiger partial charge on any atom is -0.343 e. The molecule has 3 nitrogen and oxygen atoms in total. The van der Waals surface area contributed by atoms with Crippen LogP contribution in [0.15, 0.2) is 54.7 Å². The predicted octanol–water partition coefficient (Wildman–Crippen LogP) is 5.96. The van der Waals surface area contributed by atoms with Gasteiger partial charge in [-0.05, 0) is 54.4 Å². The fourth-order valence-corrected chi connectivity index (χ4v) is 4.68. The van der Waals surface area contributed by atoms with Gasteiger partial charge in [0.25, 0.3) is 0 Å². The Labute approximate surface area is 173 Å². The van der Waals surface area contributed by atoms with Crippen molar-refractivity contribution in [2.24, 2.45) is 5.92 Å². The van der Waals surface area contributed by atoms with E-state index in [1.165, 1.54) is 27.6 Å². The number of carbonyl (C=O) groups is 1. The molecule has 1 unspecified atom stereocenters. The first-order valence-electron chi connectivity index (χ1n) is 10.8. The van der Waals surface area contributed by atoms with E-state index in [2.05, 4.69) is 61.3 Å². The van der Waals surface area contributed by atoms with Crippen molar-refractivity contribution in [2.45, 2.75) is 46.0 Å². The largest absolute Gasteiger partial charge is 0.343 e. The zero-order valence-corrected chi connectivity index (χ0v) is 17.7. The SMILES string of the molecule is CCC(=O)N1CCC(C(C)c2ccc(-c3cnc4ccccc4c3C)cc2)CC1. The molecule has 150 valence electrons. The van der Waals surface area contributed by atoms with E-state index in [1.807, 2.05) is 24.1 Å². The standard InChI is InChI=1S/C26H30N2O/c1-4-26(29)28-15-13-21(14-16-28)18(2)20-9-11-22(12-10-20)24-17-27-25-8-6-5-7-23(25)19(24)3/h5-12,17-18,21H,4,13-16H2,1-3H3. The number of fused-ring (bicyclic) bond motifs is 1. The van der Waals surface area contributed by atoms with Gasteiger partial charge in [0, 0.05) is 36.7 Å². The molecule has 2 aromatic carbocycles. The highest BCUT2D eigenvalue weighted by Gasteiger charge is 2.26. The average molecular weight is 387 g/mol. The lowest BCUT2D eigenvalue weighted by molar-refractivity contribution is -0.132. The van der Waals surface area contributed by atoms with E-state index >= 15 is 0 Å². The van der Waals surface area contributed by atoms with Crippen LogP contribution in [0.2, 0.25) is 0 Å². The van der Waals surface area contributed by atoms with Crippen LogP contribution in [0, 0.1) is 12.8 Å². The van der Waals surface area contributed by atoms with Crippen molar-refractivity contribution in [2.75, 3.05) is 13.1 Å². The van der Waals surface area contributed by atoms with E-state index < -0.39 is 0 Å².